The lowest BCUT2D eigenvalue weighted by atomic mass is 9.87. The van der Waals surface area contributed by atoms with Crippen LogP contribution in [0.5, 0.6) is 0 Å². The molecule has 27 heavy (non-hydrogen) atoms. The number of halogens is 2. The van der Waals surface area contributed by atoms with Gasteiger partial charge in [0, 0.05) is 23.6 Å². The average molecular weight is 390 g/mol. The number of benzene rings is 2. The van der Waals surface area contributed by atoms with Gasteiger partial charge in [0.1, 0.15) is 5.82 Å². The van der Waals surface area contributed by atoms with Crippen LogP contribution >= 0.6 is 11.6 Å². The summed E-state index contributed by atoms with van der Waals surface area (Å²) in [6.07, 6.45) is 3.50. The Hall–Kier alpha value is -1.75. The van der Waals surface area contributed by atoms with Crippen molar-refractivity contribution >= 4 is 17.4 Å². The molecule has 3 rings (SSSR count). The third-order valence-corrected chi connectivity index (χ3v) is 5.58. The standard InChI is InChI=1S/C22H25ClFNO2/c23-19-8-6-18(7-9-19)22(27)12-2-15-25(16-13-22)14-1-3-21(26)17-4-10-20(24)11-5-17/h4-11,27H,1-3,12-16H2. The van der Waals surface area contributed by atoms with Gasteiger partial charge in [0.05, 0.1) is 5.60 Å². The fraction of sp³-hybridized carbons (Fsp3) is 0.409. The fourth-order valence-electron chi connectivity index (χ4n) is 3.69. The highest BCUT2D eigenvalue weighted by atomic mass is 35.5. The van der Waals surface area contributed by atoms with Gasteiger partial charge in [0.15, 0.2) is 5.78 Å². The predicted molar refractivity (Wildman–Crippen MR) is 106 cm³/mol. The molecule has 3 nitrogen and oxygen atoms in total. The van der Waals surface area contributed by atoms with Crippen molar-refractivity contribution in [2.45, 2.75) is 37.7 Å². The molecule has 0 aliphatic carbocycles. The Morgan fingerprint density at radius 3 is 2.48 bits per heavy atom. The first-order valence-corrected chi connectivity index (χ1v) is 9.84. The molecule has 1 N–H and O–H groups in total. The number of hydrogen-bond acceptors (Lipinski definition) is 3. The Kier molecular flexibility index (Phi) is 6.64. The van der Waals surface area contributed by atoms with E-state index in [0.29, 0.717) is 23.4 Å². The molecule has 0 radical (unpaired) electrons. The maximum atomic E-state index is 12.9. The summed E-state index contributed by atoms with van der Waals surface area (Å²) in [5.41, 5.74) is 0.660. The minimum absolute atomic E-state index is 0.0440. The van der Waals surface area contributed by atoms with Crippen LogP contribution in [0.4, 0.5) is 4.39 Å². The molecule has 5 heteroatoms. The zero-order chi connectivity index (χ0) is 19.3. The van der Waals surface area contributed by atoms with Crippen LogP contribution in [0.2, 0.25) is 5.02 Å². The van der Waals surface area contributed by atoms with Gasteiger partial charge in [-0.05, 0) is 80.7 Å². The van der Waals surface area contributed by atoms with Gasteiger partial charge in [-0.3, -0.25) is 4.79 Å². The molecule has 0 bridgehead atoms. The second-order valence-corrected chi connectivity index (χ2v) is 7.70. The number of aliphatic hydroxyl groups is 1. The van der Waals surface area contributed by atoms with Crippen LogP contribution in [0.25, 0.3) is 0 Å². The molecular formula is C22H25ClFNO2. The van der Waals surface area contributed by atoms with Gasteiger partial charge < -0.3 is 10.0 Å². The SMILES string of the molecule is O=C(CCCN1CCCC(O)(c2ccc(Cl)cc2)CC1)c1ccc(F)cc1. The van der Waals surface area contributed by atoms with Crippen molar-refractivity contribution in [2.24, 2.45) is 0 Å². The van der Waals surface area contributed by atoms with Crippen LogP contribution in [-0.4, -0.2) is 35.4 Å². The monoisotopic (exact) mass is 389 g/mol. The van der Waals surface area contributed by atoms with Crippen molar-refractivity contribution in [3.05, 3.63) is 70.5 Å². The minimum atomic E-state index is -0.816. The highest BCUT2D eigenvalue weighted by Gasteiger charge is 2.31. The van der Waals surface area contributed by atoms with E-state index in [9.17, 15) is 14.3 Å². The Morgan fingerprint density at radius 2 is 1.78 bits per heavy atom. The van der Waals surface area contributed by atoms with E-state index in [1.807, 2.05) is 24.3 Å². The second-order valence-electron chi connectivity index (χ2n) is 7.27. The molecule has 1 heterocycles. The molecule has 0 aromatic heterocycles. The van der Waals surface area contributed by atoms with Crippen molar-refractivity contribution in [2.75, 3.05) is 19.6 Å². The summed E-state index contributed by atoms with van der Waals surface area (Å²) in [4.78, 5) is 14.5. The summed E-state index contributed by atoms with van der Waals surface area (Å²) in [5, 5.41) is 11.7. The molecule has 2 aromatic carbocycles. The summed E-state index contributed by atoms with van der Waals surface area (Å²) in [6.45, 7) is 2.54. The molecular weight excluding hydrogens is 365 g/mol. The van der Waals surface area contributed by atoms with Crippen molar-refractivity contribution in [1.29, 1.82) is 0 Å². The van der Waals surface area contributed by atoms with Crippen LogP contribution in [0.1, 0.15) is 48.0 Å². The number of Topliss-reactive ketones (excluding diaryl/α,β-unsaturated/α-hetero) is 1. The lowest BCUT2D eigenvalue weighted by molar-refractivity contribution is 0.0212. The van der Waals surface area contributed by atoms with E-state index in [4.69, 9.17) is 11.6 Å². The maximum absolute atomic E-state index is 12.9. The van der Waals surface area contributed by atoms with Gasteiger partial charge in [0.25, 0.3) is 0 Å². The molecule has 0 saturated carbocycles. The fourth-order valence-corrected chi connectivity index (χ4v) is 3.82. The molecule has 144 valence electrons. The Balaban J connectivity index is 1.49. The van der Waals surface area contributed by atoms with Gasteiger partial charge in [-0.1, -0.05) is 23.7 Å². The third-order valence-electron chi connectivity index (χ3n) is 5.33. The molecule has 1 fully saturated rings. The van der Waals surface area contributed by atoms with E-state index in [2.05, 4.69) is 4.90 Å². The number of carbonyl (C=O) groups excluding carboxylic acids is 1. The van der Waals surface area contributed by atoms with Gasteiger partial charge >= 0.3 is 0 Å². The van der Waals surface area contributed by atoms with Crippen molar-refractivity contribution < 1.29 is 14.3 Å². The van der Waals surface area contributed by atoms with Crippen LogP contribution in [0.3, 0.4) is 0 Å². The quantitative estimate of drug-likeness (QED) is 0.720. The van der Waals surface area contributed by atoms with E-state index in [-0.39, 0.29) is 11.6 Å². The number of likely N-dealkylation sites (tertiary alicyclic amines) is 1. The molecule has 1 atom stereocenters. The third kappa shape index (κ3) is 5.38. The van der Waals surface area contributed by atoms with Gasteiger partial charge in [-0.2, -0.15) is 0 Å². The first-order valence-electron chi connectivity index (χ1n) is 9.46. The molecule has 0 spiro atoms. The van der Waals surface area contributed by atoms with Crippen LogP contribution in [0.15, 0.2) is 48.5 Å². The Labute approximate surface area is 164 Å². The van der Waals surface area contributed by atoms with E-state index in [1.165, 1.54) is 24.3 Å². The summed E-state index contributed by atoms with van der Waals surface area (Å²) in [7, 11) is 0. The Morgan fingerprint density at radius 1 is 1.07 bits per heavy atom. The number of ketones is 1. The number of nitrogens with zero attached hydrogens (tertiary/aromatic N) is 1. The second kappa shape index (κ2) is 8.96. The lowest BCUT2D eigenvalue weighted by Crippen LogP contribution is -2.30. The molecule has 1 aliphatic rings. The number of rotatable bonds is 6. The zero-order valence-corrected chi connectivity index (χ0v) is 16.1. The van der Waals surface area contributed by atoms with Crippen LogP contribution in [0, 0.1) is 5.82 Å². The minimum Gasteiger partial charge on any atom is -0.385 e. The number of carbonyl (C=O) groups is 1. The smallest absolute Gasteiger partial charge is 0.162 e. The Bertz CT molecular complexity index is 763. The molecule has 0 amide bonds. The van der Waals surface area contributed by atoms with Gasteiger partial charge in [0.2, 0.25) is 0 Å². The van der Waals surface area contributed by atoms with Gasteiger partial charge in [-0.25, -0.2) is 4.39 Å². The van der Waals surface area contributed by atoms with E-state index >= 15 is 0 Å². The molecule has 1 saturated heterocycles. The number of hydrogen-bond donors (Lipinski definition) is 1. The summed E-state index contributed by atoms with van der Waals surface area (Å²) >= 11 is 5.95. The summed E-state index contributed by atoms with van der Waals surface area (Å²) < 4.78 is 12.9. The van der Waals surface area contributed by atoms with E-state index in [0.717, 1.165) is 44.5 Å². The van der Waals surface area contributed by atoms with Crippen LogP contribution < -0.4 is 0 Å². The largest absolute Gasteiger partial charge is 0.385 e. The normalized spacial score (nSPS) is 21.0. The van der Waals surface area contributed by atoms with Crippen molar-refractivity contribution in [3.63, 3.8) is 0 Å². The van der Waals surface area contributed by atoms with E-state index in [1.54, 1.807) is 0 Å². The highest BCUT2D eigenvalue weighted by molar-refractivity contribution is 6.30. The first kappa shape index (κ1) is 20.0. The molecule has 1 unspecified atom stereocenters. The van der Waals surface area contributed by atoms with Crippen LogP contribution in [-0.2, 0) is 5.60 Å². The predicted octanol–water partition coefficient (Wildman–Crippen LogP) is 4.82. The average Bonchev–Trinajstić information content (AvgIpc) is 2.85. The van der Waals surface area contributed by atoms with E-state index < -0.39 is 5.60 Å². The van der Waals surface area contributed by atoms with Gasteiger partial charge in [-0.15, -0.1) is 0 Å². The lowest BCUT2D eigenvalue weighted by Gasteiger charge is -2.27. The highest BCUT2D eigenvalue weighted by Crippen LogP contribution is 2.33. The van der Waals surface area contributed by atoms with Crippen molar-refractivity contribution in [1.82, 2.24) is 4.90 Å². The summed E-state index contributed by atoms with van der Waals surface area (Å²) in [5.74, 6) is -0.285. The molecule has 2 aromatic rings. The molecule has 1 aliphatic heterocycles. The van der Waals surface area contributed by atoms with Crippen molar-refractivity contribution in [3.8, 4) is 0 Å². The first-order chi connectivity index (χ1) is 13.0. The zero-order valence-electron chi connectivity index (χ0n) is 15.3. The summed E-state index contributed by atoms with van der Waals surface area (Å²) in [6, 6.07) is 13.2. The maximum Gasteiger partial charge on any atom is 0.162 e. The topological polar surface area (TPSA) is 40.5 Å².